The van der Waals surface area contributed by atoms with E-state index in [0.717, 1.165) is 27.2 Å². The van der Waals surface area contributed by atoms with Gasteiger partial charge in [-0.05, 0) is 36.2 Å². The highest BCUT2D eigenvalue weighted by atomic mass is 32.2. The van der Waals surface area contributed by atoms with Crippen LogP contribution in [0.2, 0.25) is 0 Å². The molecule has 0 fully saturated rings. The number of nitrogens with two attached hydrogens (primary N) is 1. The molecule has 0 aliphatic carbocycles. The van der Waals surface area contributed by atoms with Gasteiger partial charge in [0.05, 0.1) is 0 Å². The molecular formula is C11H13N3S2. The molecule has 0 saturated heterocycles. The van der Waals surface area contributed by atoms with Gasteiger partial charge in [-0.25, -0.2) is 4.98 Å². The lowest BCUT2D eigenvalue weighted by atomic mass is 10.2. The number of anilines is 1. The maximum Gasteiger partial charge on any atom is 0.174 e. The Labute approximate surface area is 103 Å². The second-order valence-electron chi connectivity index (χ2n) is 3.47. The van der Waals surface area contributed by atoms with Gasteiger partial charge in [0.15, 0.2) is 4.34 Å². The summed E-state index contributed by atoms with van der Waals surface area (Å²) in [7, 11) is 0. The number of nitrogen functional groups attached to an aromatic ring is 1. The Morgan fingerprint density at radius 2 is 2.25 bits per heavy atom. The molecular weight excluding hydrogens is 238 g/mol. The molecule has 0 aliphatic rings. The van der Waals surface area contributed by atoms with Crippen molar-refractivity contribution in [2.45, 2.75) is 29.5 Å². The molecule has 0 saturated carbocycles. The fourth-order valence-electron chi connectivity index (χ4n) is 1.25. The Bertz CT molecular complexity index is 494. The number of hydrogen-bond donors (Lipinski definition) is 1. The van der Waals surface area contributed by atoms with Gasteiger partial charge in [0.1, 0.15) is 5.82 Å². The number of benzene rings is 1. The molecule has 2 N–H and O–H groups in total. The van der Waals surface area contributed by atoms with Gasteiger partial charge in [0.25, 0.3) is 0 Å². The summed E-state index contributed by atoms with van der Waals surface area (Å²) in [6, 6.07) is 6.02. The van der Waals surface area contributed by atoms with E-state index in [0.29, 0.717) is 0 Å². The van der Waals surface area contributed by atoms with Crippen molar-refractivity contribution in [3.05, 3.63) is 29.6 Å². The standard InChI is InChI=1S/C11H13N3S2/c1-3-10-13-11(16-14-10)15-9-6-7(2)4-5-8(9)12/h4-6H,3,12H2,1-2H3. The number of rotatable bonds is 3. The molecule has 3 nitrogen and oxygen atoms in total. The van der Waals surface area contributed by atoms with E-state index in [9.17, 15) is 0 Å². The molecule has 5 heteroatoms. The Morgan fingerprint density at radius 3 is 2.94 bits per heavy atom. The molecule has 84 valence electrons. The van der Waals surface area contributed by atoms with Crippen LogP contribution in [-0.2, 0) is 6.42 Å². The average molecular weight is 251 g/mol. The predicted molar refractivity (Wildman–Crippen MR) is 69.0 cm³/mol. The molecule has 0 atom stereocenters. The Hall–Kier alpha value is -1.07. The van der Waals surface area contributed by atoms with E-state index in [1.165, 1.54) is 17.1 Å². The highest BCUT2D eigenvalue weighted by Gasteiger charge is 2.07. The second kappa shape index (κ2) is 4.84. The smallest absolute Gasteiger partial charge is 0.174 e. The maximum absolute atomic E-state index is 5.91. The van der Waals surface area contributed by atoms with Crippen LogP contribution in [0.15, 0.2) is 27.4 Å². The Morgan fingerprint density at radius 1 is 1.44 bits per heavy atom. The van der Waals surface area contributed by atoms with Gasteiger partial charge in [-0.2, -0.15) is 4.37 Å². The van der Waals surface area contributed by atoms with Crippen LogP contribution in [0.3, 0.4) is 0 Å². The van der Waals surface area contributed by atoms with Crippen LogP contribution < -0.4 is 5.73 Å². The Balaban J connectivity index is 2.22. The van der Waals surface area contributed by atoms with Crippen molar-refractivity contribution in [3.8, 4) is 0 Å². The highest BCUT2D eigenvalue weighted by Crippen LogP contribution is 2.33. The van der Waals surface area contributed by atoms with E-state index < -0.39 is 0 Å². The maximum atomic E-state index is 5.91. The molecule has 0 aliphatic heterocycles. The summed E-state index contributed by atoms with van der Waals surface area (Å²) >= 11 is 3.01. The first kappa shape index (κ1) is 11.4. The summed E-state index contributed by atoms with van der Waals surface area (Å²) in [5.41, 5.74) is 7.91. The number of nitrogens with zero attached hydrogens (tertiary/aromatic N) is 2. The summed E-state index contributed by atoms with van der Waals surface area (Å²) in [5, 5.41) is 0. The van der Waals surface area contributed by atoms with Crippen LogP contribution in [0, 0.1) is 6.92 Å². The zero-order valence-corrected chi connectivity index (χ0v) is 10.9. The van der Waals surface area contributed by atoms with Gasteiger partial charge in [-0.15, -0.1) is 0 Å². The van der Waals surface area contributed by atoms with Crippen molar-refractivity contribution in [1.29, 1.82) is 0 Å². The van der Waals surface area contributed by atoms with E-state index in [4.69, 9.17) is 5.73 Å². The summed E-state index contributed by atoms with van der Waals surface area (Å²) in [5.74, 6) is 0.902. The summed E-state index contributed by atoms with van der Waals surface area (Å²) in [4.78, 5) is 5.46. The monoisotopic (exact) mass is 251 g/mol. The third kappa shape index (κ3) is 2.54. The SMILES string of the molecule is CCc1nsc(Sc2cc(C)ccc2N)n1. The van der Waals surface area contributed by atoms with Crippen LogP contribution in [0.5, 0.6) is 0 Å². The van der Waals surface area contributed by atoms with Gasteiger partial charge >= 0.3 is 0 Å². The van der Waals surface area contributed by atoms with Crippen LogP contribution in [-0.4, -0.2) is 9.36 Å². The van der Waals surface area contributed by atoms with Crippen molar-refractivity contribution in [2.75, 3.05) is 5.73 Å². The zero-order chi connectivity index (χ0) is 11.5. The van der Waals surface area contributed by atoms with Gasteiger partial charge in [-0.1, -0.05) is 24.8 Å². The first-order valence-corrected chi connectivity index (χ1v) is 6.64. The molecule has 16 heavy (non-hydrogen) atoms. The molecule has 0 bridgehead atoms. The van der Waals surface area contributed by atoms with Gasteiger partial charge in [0, 0.05) is 17.0 Å². The van der Waals surface area contributed by atoms with Gasteiger partial charge in [0.2, 0.25) is 0 Å². The van der Waals surface area contributed by atoms with Crippen molar-refractivity contribution < 1.29 is 0 Å². The van der Waals surface area contributed by atoms with E-state index in [2.05, 4.69) is 29.3 Å². The molecule has 0 amide bonds. The lowest BCUT2D eigenvalue weighted by Crippen LogP contribution is -1.89. The summed E-state index contributed by atoms with van der Waals surface area (Å²) in [6.07, 6.45) is 0.875. The van der Waals surface area contributed by atoms with E-state index in [1.807, 2.05) is 12.1 Å². The molecule has 2 rings (SSSR count). The third-order valence-corrected chi connectivity index (χ3v) is 3.99. The Kier molecular flexibility index (Phi) is 3.46. The van der Waals surface area contributed by atoms with E-state index in [1.54, 1.807) is 11.8 Å². The molecule has 0 unspecified atom stereocenters. The lowest BCUT2D eigenvalue weighted by molar-refractivity contribution is 0.971. The van der Waals surface area contributed by atoms with Gasteiger partial charge in [-0.3, -0.25) is 0 Å². The lowest BCUT2D eigenvalue weighted by Gasteiger charge is -2.03. The molecule has 0 spiro atoms. The van der Waals surface area contributed by atoms with Crippen molar-refractivity contribution in [2.24, 2.45) is 0 Å². The second-order valence-corrected chi connectivity index (χ2v) is 5.51. The minimum atomic E-state index is 0.795. The first-order valence-electron chi connectivity index (χ1n) is 5.05. The van der Waals surface area contributed by atoms with Crippen LogP contribution in [0.1, 0.15) is 18.3 Å². The van der Waals surface area contributed by atoms with Crippen LogP contribution in [0.25, 0.3) is 0 Å². The minimum Gasteiger partial charge on any atom is -0.398 e. The minimum absolute atomic E-state index is 0.795. The van der Waals surface area contributed by atoms with Gasteiger partial charge < -0.3 is 5.73 Å². The largest absolute Gasteiger partial charge is 0.398 e. The quantitative estimate of drug-likeness (QED) is 0.851. The number of aromatic nitrogens is 2. The molecule has 0 radical (unpaired) electrons. The summed E-state index contributed by atoms with van der Waals surface area (Å²) in [6.45, 7) is 4.11. The van der Waals surface area contributed by atoms with E-state index in [-0.39, 0.29) is 0 Å². The summed E-state index contributed by atoms with van der Waals surface area (Å²) < 4.78 is 5.20. The topological polar surface area (TPSA) is 51.8 Å². The normalized spacial score (nSPS) is 10.6. The zero-order valence-electron chi connectivity index (χ0n) is 9.23. The van der Waals surface area contributed by atoms with Crippen molar-refractivity contribution in [3.63, 3.8) is 0 Å². The van der Waals surface area contributed by atoms with E-state index >= 15 is 0 Å². The molecule has 1 aromatic heterocycles. The third-order valence-electron chi connectivity index (χ3n) is 2.13. The average Bonchev–Trinajstić information content (AvgIpc) is 2.71. The fraction of sp³-hybridized carbons (Fsp3) is 0.273. The van der Waals surface area contributed by atoms with Crippen LogP contribution in [0.4, 0.5) is 5.69 Å². The predicted octanol–water partition coefficient (Wildman–Crippen LogP) is 3.14. The molecule has 1 aromatic carbocycles. The van der Waals surface area contributed by atoms with Crippen LogP contribution >= 0.6 is 23.3 Å². The fourth-order valence-corrected chi connectivity index (χ4v) is 3.05. The first-order chi connectivity index (χ1) is 7.69. The highest BCUT2D eigenvalue weighted by molar-refractivity contribution is 8.01. The number of aryl methyl sites for hydroxylation is 2. The molecule has 1 heterocycles. The molecule has 2 aromatic rings. The van der Waals surface area contributed by atoms with Crippen molar-refractivity contribution in [1.82, 2.24) is 9.36 Å². The number of hydrogen-bond acceptors (Lipinski definition) is 5. The van der Waals surface area contributed by atoms with Crippen molar-refractivity contribution >= 4 is 29.0 Å².